The second kappa shape index (κ2) is 13.8. The molecule has 1 aliphatic rings. The molecule has 0 saturated carbocycles. The Morgan fingerprint density at radius 2 is 1.60 bits per heavy atom. The highest BCUT2D eigenvalue weighted by atomic mass is 16.5. The van der Waals surface area contributed by atoms with Crippen LogP contribution in [0.4, 0.5) is 5.69 Å². The number of benzene rings is 4. The van der Waals surface area contributed by atoms with Gasteiger partial charge in [-0.2, -0.15) is 0 Å². The van der Waals surface area contributed by atoms with Crippen molar-refractivity contribution >= 4 is 22.9 Å². The maximum absolute atomic E-state index is 10.9. The van der Waals surface area contributed by atoms with Crippen LogP contribution in [0.15, 0.2) is 120 Å². The zero-order valence-corrected chi connectivity index (χ0v) is 25.0. The topological polar surface area (TPSA) is 70.9 Å². The standard InChI is InChI=1S/C38H38N2O3/c1-26(2)43-37-23-28(25-39-33-19-16-29(27(3)22-33)18-21-38(41)42)14-15-32(37)17-20-35-34(30-10-6-4-7-11-30)24-36(40-35)31-12-8-5-9-13-31/h4-16,19-20,22-24,26,39H,17-18,21,25H2,1-3H3,(H,41,42)/b35-20+. The van der Waals surface area contributed by atoms with Gasteiger partial charge < -0.3 is 15.2 Å². The number of carboxylic acids is 1. The first-order valence-electron chi connectivity index (χ1n) is 14.8. The van der Waals surface area contributed by atoms with Crippen molar-refractivity contribution in [3.8, 4) is 5.75 Å². The molecule has 0 amide bonds. The highest BCUT2D eigenvalue weighted by molar-refractivity contribution is 6.17. The Balaban J connectivity index is 1.35. The zero-order valence-electron chi connectivity index (χ0n) is 25.0. The van der Waals surface area contributed by atoms with E-state index >= 15 is 0 Å². The monoisotopic (exact) mass is 570 g/mol. The molecule has 0 unspecified atom stereocenters. The van der Waals surface area contributed by atoms with Gasteiger partial charge in [0.15, 0.2) is 0 Å². The number of aryl methyl sites for hydroxylation is 2. The van der Waals surface area contributed by atoms with Crippen molar-refractivity contribution < 1.29 is 14.6 Å². The van der Waals surface area contributed by atoms with E-state index in [9.17, 15) is 4.79 Å². The summed E-state index contributed by atoms with van der Waals surface area (Å²) in [7, 11) is 0. The van der Waals surface area contributed by atoms with E-state index < -0.39 is 5.97 Å². The maximum Gasteiger partial charge on any atom is 0.303 e. The first kappa shape index (κ1) is 29.6. The Kier molecular flexibility index (Phi) is 9.52. The second-order valence-corrected chi connectivity index (χ2v) is 11.1. The predicted octanol–water partition coefficient (Wildman–Crippen LogP) is 8.42. The van der Waals surface area contributed by atoms with E-state index in [0.717, 1.165) is 61.8 Å². The number of carbonyl (C=O) groups is 1. The highest BCUT2D eigenvalue weighted by Gasteiger charge is 2.18. The van der Waals surface area contributed by atoms with E-state index in [1.165, 1.54) is 0 Å². The smallest absolute Gasteiger partial charge is 0.303 e. The molecule has 0 atom stereocenters. The molecule has 218 valence electrons. The summed E-state index contributed by atoms with van der Waals surface area (Å²) in [5.74, 6) is 0.100. The van der Waals surface area contributed by atoms with Crippen molar-refractivity contribution in [2.24, 2.45) is 4.99 Å². The molecule has 0 aromatic heterocycles. The number of nitrogens with one attached hydrogen (secondary N) is 1. The molecule has 0 spiro atoms. The van der Waals surface area contributed by atoms with E-state index in [4.69, 9.17) is 14.8 Å². The third-order valence-electron chi connectivity index (χ3n) is 7.41. The fraction of sp³-hybridized carbons (Fsp3) is 0.211. The summed E-state index contributed by atoms with van der Waals surface area (Å²) >= 11 is 0. The van der Waals surface area contributed by atoms with Gasteiger partial charge in [-0.15, -0.1) is 0 Å². The normalized spacial score (nSPS) is 13.6. The van der Waals surface area contributed by atoms with Gasteiger partial charge in [-0.05, 0) is 85.7 Å². The molecule has 5 nitrogen and oxygen atoms in total. The van der Waals surface area contributed by atoms with Gasteiger partial charge in [0.2, 0.25) is 0 Å². The molecule has 5 rings (SSSR count). The molecule has 43 heavy (non-hydrogen) atoms. The summed E-state index contributed by atoms with van der Waals surface area (Å²) in [5.41, 5.74) is 10.7. The number of aliphatic imine (C=N–C) groups is 1. The molecule has 0 saturated heterocycles. The maximum atomic E-state index is 10.9. The van der Waals surface area contributed by atoms with Crippen LogP contribution in [0.5, 0.6) is 5.75 Å². The Morgan fingerprint density at radius 1 is 0.907 bits per heavy atom. The van der Waals surface area contributed by atoms with Crippen LogP contribution in [-0.2, 0) is 24.2 Å². The van der Waals surface area contributed by atoms with Gasteiger partial charge in [-0.25, -0.2) is 4.99 Å². The van der Waals surface area contributed by atoms with Crippen molar-refractivity contribution in [2.75, 3.05) is 5.32 Å². The van der Waals surface area contributed by atoms with Gasteiger partial charge in [0, 0.05) is 29.8 Å². The summed E-state index contributed by atoms with van der Waals surface area (Å²) < 4.78 is 6.28. The number of nitrogens with zero attached hydrogens (tertiary/aromatic N) is 1. The molecule has 4 aromatic rings. The highest BCUT2D eigenvalue weighted by Crippen LogP contribution is 2.32. The molecule has 4 aromatic carbocycles. The van der Waals surface area contributed by atoms with Crippen LogP contribution in [0, 0.1) is 6.92 Å². The van der Waals surface area contributed by atoms with Gasteiger partial charge in [0.1, 0.15) is 5.75 Å². The van der Waals surface area contributed by atoms with Crippen molar-refractivity contribution in [3.05, 3.63) is 148 Å². The van der Waals surface area contributed by atoms with Gasteiger partial charge in [-0.1, -0.05) is 84.9 Å². The van der Waals surface area contributed by atoms with Gasteiger partial charge >= 0.3 is 5.97 Å². The van der Waals surface area contributed by atoms with Crippen LogP contribution in [0.3, 0.4) is 0 Å². The lowest BCUT2D eigenvalue weighted by atomic mass is 10.00. The summed E-state index contributed by atoms with van der Waals surface area (Å²) in [5, 5.41) is 12.5. The minimum Gasteiger partial charge on any atom is -0.491 e. The molecule has 0 fully saturated rings. The van der Waals surface area contributed by atoms with E-state index in [2.05, 4.69) is 78.1 Å². The molecule has 2 N–H and O–H groups in total. The molecule has 1 aliphatic heterocycles. The number of ether oxygens (including phenoxy) is 1. The minimum absolute atomic E-state index is 0.0459. The molecule has 0 radical (unpaired) electrons. The van der Waals surface area contributed by atoms with Crippen LogP contribution in [0.1, 0.15) is 53.6 Å². The summed E-state index contributed by atoms with van der Waals surface area (Å²) in [6.07, 6.45) is 5.79. The summed E-state index contributed by atoms with van der Waals surface area (Å²) in [6.45, 7) is 6.77. The summed E-state index contributed by atoms with van der Waals surface area (Å²) in [4.78, 5) is 16.0. The molecule has 5 heteroatoms. The fourth-order valence-corrected chi connectivity index (χ4v) is 5.17. The largest absolute Gasteiger partial charge is 0.491 e. The number of carboxylic acid groups (broad SMARTS) is 1. The fourth-order valence-electron chi connectivity index (χ4n) is 5.17. The number of allylic oxidation sites excluding steroid dienone is 3. The zero-order chi connectivity index (χ0) is 30.2. The van der Waals surface area contributed by atoms with Gasteiger partial charge in [0.25, 0.3) is 0 Å². The Labute approximate surface area is 254 Å². The first-order valence-corrected chi connectivity index (χ1v) is 14.8. The van der Waals surface area contributed by atoms with Crippen LogP contribution < -0.4 is 10.1 Å². The number of rotatable bonds is 12. The lowest BCUT2D eigenvalue weighted by molar-refractivity contribution is -0.136. The lowest BCUT2D eigenvalue weighted by Crippen LogP contribution is -2.09. The Bertz CT molecular complexity index is 1670. The van der Waals surface area contributed by atoms with Gasteiger partial charge in [0.05, 0.1) is 17.5 Å². The molecule has 0 bridgehead atoms. The van der Waals surface area contributed by atoms with E-state index in [1.807, 2.05) is 57.2 Å². The quantitative estimate of drug-likeness (QED) is 0.179. The SMILES string of the molecule is Cc1cc(NCc2ccc(C/C=C3/N=C(c4ccccc4)C=C3c3ccccc3)c(OC(C)C)c2)ccc1CCC(=O)O. The van der Waals surface area contributed by atoms with Crippen LogP contribution in [0.2, 0.25) is 0 Å². The Hall–Kier alpha value is -4.90. The molecular weight excluding hydrogens is 532 g/mol. The number of aliphatic carboxylic acids is 1. The average molecular weight is 571 g/mol. The molecular formula is C38H38N2O3. The van der Waals surface area contributed by atoms with E-state index in [0.29, 0.717) is 19.4 Å². The van der Waals surface area contributed by atoms with Crippen molar-refractivity contribution in [1.82, 2.24) is 0 Å². The molecule has 1 heterocycles. The first-order chi connectivity index (χ1) is 20.9. The van der Waals surface area contributed by atoms with Crippen LogP contribution in [-0.4, -0.2) is 22.9 Å². The Morgan fingerprint density at radius 3 is 2.28 bits per heavy atom. The second-order valence-electron chi connectivity index (χ2n) is 11.1. The minimum atomic E-state index is -0.776. The predicted molar refractivity (Wildman–Crippen MR) is 176 cm³/mol. The lowest BCUT2D eigenvalue weighted by Gasteiger charge is -2.16. The number of hydrogen-bond donors (Lipinski definition) is 2. The summed E-state index contributed by atoms with van der Waals surface area (Å²) in [6, 6.07) is 33.2. The van der Waals surface area contributed by atoms with Crippen LogP contribution >= 0.6 is 0 Å². The number of anilines is 1. The number of hydrogen-bond acceptors (Lipinski definition) is 4. The van der Waals surface area contributed by atoms with Crippen LogP contribution in [0.25, 0.3) is 5.57 Å². The third-order valence-corrected chi connectivity index (χ3v) is 7.41. The van der Waals surface area contributed by atoms with Crippen molar-refractivity contribution in [1.29, 1.82) is 0 Å². The van der Waals surface area contributed by atoms with E-state index in [1.54, 1.807) is 0 Å². The van der Waals surface area contributed by atoms with E-state index in [-0.39, 0.29) is 12.5 Å². The average Bonchev–Trinajstić information content (AvgIpc) is 3.44. The van der Waals surface area contributed by atoms with Gasteiger partial charge in [-0.3, -0.25) is 4.79 Å². The van der Waals surface area contributed by atoms with Crippen molar-refractivity contribution in [2.45, 2.75) is 52.7 Å². The third kappa shape index (κ3) is 7.89. The van der Waals surface area contributed by atoms with Crippen molar-refractivity contribution in [3.63, 3.8) is 0 Å². The molecule has 0 aliphatic carbocycles.